The SMILES string of the molecule is Cc1cc(CSC(=N)N)ccc1OCCC(C)C. The number of aryl methyl sites for hydroxylation is 1. The fourth-order valence-electron chi connectivity index (χ4n) is 1.53. The maximum Gasteiger partial charge on any atom is 0.151 e. The third-order valence-electron chi connectivity index (χ3n) is 2.59. The minimum atomic E-state index is 0.157. The highest BCUT2D eigenvalue weighted by atomic mass is 32.2. The molecular formula is C14H22N2OS. The molecule has 0 saturated heterocycles. The van der Waals surface area contributed by atoms with Gasteiger partial charge in [0.1, 0.15) is 5.75 Å². The molecule has 0 radical (unpaired) electrons. The molecule has 0 unspecified atom stereocenters. The van der Waals surface area contributed by atoms with Crippen LogP contribution in [0.15, 0.2) is 18.2 Å². The molecule has 1 aromatic rings. The predicted octanol–water partition coefficient (Wildman–Crippen LogP) is 3.55. The molecule has 0 bridgehead atoms. The van der Waals surface area contributed by atoms with Gasteiger partial charge >= 0.3 is 0 Å². The van der Waals surface area contributed by atoms with Crippen molar-refractivity contribution in [2.45, 2.75) is 32.9 Å². The summed E-state index contributed by atoms with van der Waals surface area (Å²) in [6.07, 6.45) is 1.07. The average molecular weight is 266 g/mol. The number of hydrogen-bond donors (Lipinski definition) is 2. The molecule has 100 valence electrons. The van der Waals surface area contributed by atoms with Gasteiger partial charge in [0.25, 0.3) is 0 Å². The molecule has 0 aliphatic rings. The van der Waals surface area contributed by atoms with E-state index in [0.29, 0.717) is 5.92 Å². The average Bonchev–Trinajstić information content (AvgIpc) is 2.28. The molecule has 0 saturated carbocycles. The van der Waals surface area contributed by atoms with Gasteiger partial charge in [0.05, 0.1) is 6.61 Å². The van der Waals surface area contributed by atoms with Crippen LogP contribution < -0.4 is 10.5 Å². The quantitative estimate of drug-likeness (QED) is 0.611. The number of nitrogens with one attached hydrogen (secondary N) is 1. The van der Waals surface area contributed by atoms with Crippen LogP contribution in [0.3, 0.4) is 0 Å². The van der Waals surface area contributed by atoms with Gasteiger partial charge in [-0.05, 0) is 36.5 Å². The Balaban J connectivity index is 2.53. The second-order valence-electron chi connectivity index (χ2n) is 4.78. The van der Waals surface area contributed by atoms with E-state index >= 15 is 0 Å². The van der Waals surface area contributed by atoms with E-state index in [9.17, 15) is 0 Å². The Morgan fingerprint density at radius 2 is 2.17 bits per heavy atom. The molecule has 0 spiro atoms. The van der Waals surface area contributed by atoms with E-state index in [1.165, 1.54) is 17.3 Å². The lowest BCUT2D eigenvalue weighted by atomic mass is 10.1. The molecule has 1 aromatic carbocycles. The Morgan fingerprint density at radius 1 is 1.44 bits per heavy atom. The summed E-state index contributed by atoms with van der Waals surface area (Å²) in [5, 5.41) is 7.34. The first-order chi connectivity index (χ1) is 8.49. The summed E-state index contributed by atoms with van der Waals surface area (Å²) in [6.45, 7) is 7.20. The van der Waals surface area contributed by atoms with Gasteiger partial charge in [0.2, 0.25) is 0 Å². The monoisotopic (exact) mass is 266 g/mol. The van der Waals surface area contributed by atoms with E-state index in [2.05, 4.69) is 19.9 Å². The molecule has 0 heterocycles. The molecule has 0 fully saturated rings. The second-order valence-corrected chi connectivity index (χ2v) is 5.80. The maximum atomic E-state index is 7.19. The largest absolute Gasteiger partial charge is 0.493 e. The first-order valence-corrected chi connectivity index (χ1v) is 7.16. The molecule has 0 aliphatic heterocycles. The lowest BCUT2D eigenvalue weighted by Gasteiger charge is -2.11. The fourth-order valence-corrected chi connectivity index (χ4v) is 2.03. The van der Waals surface area contributed by atoms with E-state index in [4.69, 9.17) is 15.9 Å². The van der Waals surface area contributed by atoms with Crippen LogP contribution in [0.1, 0.15) is 31.4 Å². The number of thioether (sulfide) groups is 1. The maximum absolute atomic E-state index is 7.19. The number of rotatable bonds is 6. The molecule has 18 heavy (non-hydrogen) atoms. The zero-order valence-electron chi connectivity index (χ0n) is 11.3. The van der Waals surface area contributed by atoms with E-state index in [0.717, 1.165) is 30.1 Å². The van der Waals surface area contributed by atoms with Gasteiger partial charge in [-0.2, -0.15) is 0 Å². The lowest BCUT2D eigenvalue weighted by molar-refractivity contribution is 0.288. The van der Waals surface area contributed by atoms with Crippen molar-refractivity contribution in [1.82, 2.24) is 0 Å². The van der Waals surface area contributed by atoms with Crippen LogP contribution in [0.5, 0.6) is 5.75 Å². The summed E-state index contributed by atoms with van der Waals surface area (Å²) < 4.78 is 5.75. The Morgan fingerprint density at radius 3 is 2.72 bits per heavy atom. The van der Waals surface area contributed by atoms with Gasteiger partial charge in [-0.15, -0.1) is 0 Å². The van der Waals surface area contributed by atoms with Crippen LogP contribution >= 0.6 is 11.8 Å². The molecule has 0 aromatic heterocycles. The van der Waals surface area contributed by atoms with Crippen LogP contribution in [0, 0.1) is 18.3 Å². The zero-order valence-corrected chi connectivity index (χ0v) is 12.1. The van der Waals surface area contributed by atoms with Crippen LogP contribution in [0.4, 0.5) is 0 Å². The van der Waals surface area contributed by atoms with Crippen LogP contribution in [0.2, 0.25) is 0 Å². The fraction of sp³-hybridized carbons (Fsp3) is 0.500. The van der Waals surface area contributed by atoms with Gasteiger partial charge in [-0.25, -0.2) is 0 Å². The molecular weight excluding hydrogens is 244 g/mol. The summed E-state index contributed by atoms with van der Waals surface area (Å²) in [7, 11) is 0. The lowest BCUT2D eigenvalue weighted by Crippen LogP contribution is -2.04. The van der Waals surface area contributed by atoms with Crippen molar-refractivity contribution in [2.75, 3.05) is 6.61 Å². The van der Waals surface area contributed by atoms with E-state index in [1.807, 2.05) is 19.1 Å². The molecule has 3 nitrogen and oxygen atoms in total. The summed E-state index contributed by atoms with van der Waals surface area (Å²) in [6, 6.07) is 6.14. The van der Waals surface area contributed by atoms with Crippen molar-refractivity contribution in [2.24, 2.45) is 11.7 Å². The van der Waals surface area contributed by atoms with Crippen LogP contribution in [-0.2, 0) is 5.75 Å². The van der Waals surface area contributed by atoms with Crippen molar-refractivity contribution >= 4 is 16.9 Å². The Bertz CT molecular complexity index is 405. The van der Waals surface area contributed by atoms with Crippen LogP contribution in [0.25, 0.3) is 0 Å². The Kier molecular flexibility index (Phi) is 6.05. The minimum absolute atomic E-state index is 0.157. The standard InChI is InChI=1S/C14H22N2OS/c1-10(2)6-7-17-13-5-4-12(8-11(13)3)9-18-14(15)16/h4-5,8,10H,6-7,9H2,1-3H3,(H3,15,16). The molecule has 4 heteroatoms. The smallest absolute Gasteiger partial charge is 0.151 e. The number of amidine groups is 1. The van der Waals surface area contributed by atoms with Gasteiger partial charge < -0.3 is 10.5 Å². The third-order valence-corrected chi connectivity index (χ3v) is 3.38. The summed E-state index contributed by atoms with van der Waals surface area (Å²) >= 11 is 1.34. The van der Waals surface area contributed by atoms with E-state index in [1.54, 1.807) is 0 Å². The highest BCUT2D eigenvalue weighted by Crippen LogP contribution is 2.22. The predicted molar refractivity (Wildman–Crippen MR) is 79.3 cm³/mol. The van der Waals surface area contributed by atoms with Crippen LogP contribution in [-0.4, -0.2) is 11.8 Å². The summed E-state index contributed by atoms with van der Waals surface area (Å²) in [5.41, 5.74) is 7.63. The van der Waals surface area contributed by atoms with Crippen molar-refractivity contribution < 1.29 is 4.74 Å². The summed E-state index contributed by atoms with van der Waals surface area (Å²) in [4.78, 5) is 0. The van der Waals surface area contributed by atoms with Crippen molar-refractivity contribution in [3.8, 4) is 5.75 Å². The van der Waals surface area contributed by atoms with Gasteiger partial charge in [-0.3, -0.25) is 5.41 Å². The Hall–Kier alpha value is -1.16. The number of benzene rings is 1. The molecule has 3 N–H and O–H groups in total. The first-order valence-electron chi connectivity index (χ1n) is 6.18. The zero-order chi connectivity index (χ0) is 13.5. The van der Waals surface area contributed by atoms with Crippen molar-refractivity contribution in [3.63, 3.8) is 0 Å². The number of nitrogens with two attached hydrogens (primary N) is 1. The van der Waals surface area contributed by atoms with E-state index in [-0.39, 0.29) is 5.17 Å². The Labute approximate surface area is 114 Å². The van der Waals surface area contributed by atoms with Gasteiger partial charge in [-0.1, -0.05) is 37.7 Å². The normalized spacial score (nSPS) is 10.7. The highest BCUT2D eigenvalue weighted by molar-refractivity contribution is 8.13. The number of ether oxygens (including phenoxy) is 1. The van der Waals surface area contributed by atoms with Crippen molar-refractivity contribution in [3.05, 3.63) is 29.3 Å². The molecule has 0 amide bonds. The second kappa shape index (κ2) is 7.31. The first kappa shape index (κ1) is 14.9. The molecule has 0 atom stereocenters. The topological polar surface area (TPSA) is 59.1 Å². The van der Waals surface area contributed by atoms with E-state index < -0.39 is 0 Å². The minimum Gasteiger partial charge on any atom is -0.493 e. The number of hydrogen-bond acceptors (Lipinski definition) is 3. The third kappa shape index (κ3) is 5.45. The molecule has 0 aliphatic carbocycles. The summed E-state index contributed by atoms with van der Waals surface area (Å²) in [5.74, 6) is 2.35. The van der Waals surface area contributed by atoms with Crippen molar-refractivity contribution in [1.29, 1.82) is 5.41 Å². The molecule has 1 rings (SSSR count). The highest BCUT2D eigenvalue weighted by Gasteiger charge is 2.03. The van der Waals surface area contributed by atoms with Gasteiger partial charge in [0.15, 0.2) is 5.17 Å². The van der Waals surface area contributed by atoms with Gasteiger partial charge in [0, 0.05) is 5.75 Å².